The van der Waals surface area contributed by atoms with Crippen molar-refractivity contribution in [3.8, 4) is 11.3 Å². The van der Waals surface area contributed by atoms with Gasteiger partial charge >= 0.3 is 59.1 Å². The van der Waals surface area contributed by atoms with Crippen molar-refractivity contribution in [3.05, 3.63) is 83.6 Å². The number of piperidine rings is 1. The van der Waals surface area contributed by atoms with Gasteiger partial charge in [0.05, 0.1) is 5.69 Å². The molecule has 2 aromatic carbocycles. The first-order valence-corrected chi connectivity index (χ1v) is 13.0. The van der Waals surface area contributed by atoms with Crippen LogP contribution in [0.2, 0.25) is 0 Å². The Morgan fingerprint density at radius 3 is 2.08 bits per heavy atom. The zero-order valence-corrected chi connectivity index (χ0v) is 26.5. The van der Waals surface area contributed by atoms with Gasteiger partial charge in [-0.1, -0.05) is 48.5 Å². The summed E-state index contributed by atoms with van der Waals surface area (Å²) in [5.74, 6) is -2.51. The van der Waals surface area contributed by atoms with E-state index in [1.807, 2.05) is 17.0 Å². The van der Waals surface area contributed by atoms with Crippen molar-refractivity contribution in [1.82, 2.24) is 9.88 Å². The Morgan fingerprint density at radius 2 is 1.47 bits per heavy atom. The van der Waals surface area contributed by atoms with Crippen molar-refractivity contribution < 1.29 is 85.4 Å². The van der Waals surface area contributed by atoms with Crippen LogP contribution in [0.5, 0.6) is 0 Å². The molecule has 7 nitrogen and oxygen atoms in total. The third kappa shape index (κ3) is 10.2. The summed E-state index contributed by atoms with van der Waals surface area (Å²) >= 11 is 0. The van der Waals surface area contributed by atoms with E-state index in [1.54, 1.807) is 0 Å². The summed E-state index contributed by atoms with van der Waals surface area (Å²) in [6, 6.07) is 23.1. The van der Waals surface area contributed by atoms with E-state index in [4.69, 9.17) is 22.5 Å². The van der Waals surface area contributed by atoms with Gasteiger partial charge in [-0.25, -0.2) is 8.78 Å². The minimum absolute atomic E-state index is 0. The van der Waals surface area contributed by atoms with Gasteiger partial charge in [-0.15, -0.1) is 0 Å². The number of aromatic nitrogens is 1. The number of nitrogens with zero attached hydrogens (tertiary/aromatic N) is 3. The van der Waals surface area contributed by atoms with Crippen LogP contribution in [0.4, 0.5) is 14.5 Å². The maximum absolute atomic E-state index is 13.4. The average Bonchev–Trinajstić information content (AvgIpc) is 2.83. The van der Waals surface area contributed by atoms with Gasteiger partial charge in [0.15, 0.2) is 0 Å². The number of rotatable bonds is 4. The van der Waals surface area contributed by atoms with Gasteiger partial charge in [-0.05, 0) is 29.3 Å². The van der Waals surface area contributed by atoms with E-state index in [-0.39, 0.29) is 72.0 Å². The van der Waals surface area contributed by atoms with Crippen molar-refractivity contribution in [1.29, 1.82) is 0 Å². The smallest absolute Gasteiger partial charge is 0.759 e. The standard InChI is InChI=1S/C26H27F2N3.2Na.H2O4S/c27-26(28)13-16-31(17-14-26)23-9-6-21(7-10-23)24-11-8-22-19-30(15-12-25(22)29-24)18-20-4-2-1-3-5-20;;;1-5(2,3)4/h1-11H,12-19H2;;;(H2,1,2,3,4)/q;2*+1;/p-2. The van der Waals surface area contributed by atoms with Crippen LogP contribution >= 0.6 is 0 Å². The average molecular weight is 562 g/mol. The van der Waals surface area contributed by atoms with E-state index in [0.29, 0.717) is 13.1 Å². The summed E-state index contributed by atoms with van der Waals surface area (Å²) in [5, 5.41) is 0. The maximum atomic E-state index is 13.4. The normalized spacial score (nSPS) is 16.7. The van der Waals surface area contributed by atoms with E-state index >= 15 is 0 Å². The Bertz CT molecular complexity index is 1270. The van der Waals surface area contributed by atoms with Crippen LogP contribution in [0, 0.1) is 0 Å². The SMILES string of the molecule is FC1(F)CCN(c2ccc(-c3ccc4c(n3)CCN(Cc3ccccc3)C4)cc2)CC1.O=S(=O)([O-])[O-].[Na+].[Na+]. The molecule has 5 rings (SSSR count). The first kappa shape index (κ1) is 33.3. The van der Waals surface area contributed by atoms with Crippen LogP contribution in [0.15, 0.2) is 66.7 Å². The minimum Gasteiger partial charge on any atom is -0.759 e. The number of benzene rings is 2. The number of hydrogen-bond donors (Lipinski definition) is 0. The van der Waals surface area contributed by atoms with Crippen LogP contribution < -0.4 is 64.0 Å². The molecule has 0 atom stereocenters. The third-order valence-corrected chi connectivity index (χ3v) is 6.40. The summed E-state index contributed by atoms with van der Waals surface area (Å²) in [4.78, 5) is 9.46. The van der Waals surface area contributed by atoms with Crippen molar-refractivity contribution in [2.24, 2.45) is 0 Å². The van der Waals surface area contributed by atoms with Gasteiger partial charge < -0.3 is 14.0 Å². The van der Waals surface area contributed by atoms with Crippen molar-refractivity contribution in [2.75, 3.05) is 24.5 Å². The predicted molar refractivity (Wildman–Crippen MR) is 131 cm³/mol. The fourth-order valence-electron chi connectivity index (χ4n) is 4.55. The maximum Gasteiger partial charge on any atom is 1.00 e. The van der Waals surface area contributed by atoms with Crippen LogP contribution in [-0.4, -0.2) is 53.0 Å². The van der Waals surface area contributed by atoms with Crippen molar-refractivity contribution >= 4 is 16.1 Å². The third-order valence-electron chi connectivity index (χ3n) is 6.40. The molecule has 2 aliphatic rings. The molecule has 38 heavy (non-hydrogen) atoms. The molecule has 0 radical (unpaired) electrons. The van der Waals surface area contributed by atoms with Gasteiger partial charge in [-0.2, -0.15) is 0 Å². The van der Waals surface area contributed by atoms with Crippen molar-refractivity contribution in [2.45, 2.75) is 38.3 Å². The summed E-state index contributed by atoms with van der Waals surface area (Å²) in [6.45, 7) is 3.71. The van der Waals surface area contributed by atoms with Crippen LogP contribution in [0.25, 0.3) is 11.3 Å². The van der Waals surface area contributed by atoms with Gasteiger partial charge in [0.1, 0.15) is 0 Å². The predicted octanol–water partition coefficient (Wildman–Crippen LogP) is -1.79. The van der Waals surface area contributed by atoms with Crippen LogP contribution in [0.1, 0.15) is 29.7 Å². The molecule has 12 heteroatoms. The molecule has 1 fully saturated rings. The van der Waals surface area contributed by atoms with Crippen LogP contribution in [0.3, 0.4) is 0 Å². The molecule has 3 heterocycles. The molecular weight excluding hydrogens is 534 g/mol. The largest absolute Gasteiger partial charge is 1.00 e. The number of halogens is 2. The first-order valence-electron chi connectivity index (χ1n) is 11.7. The fourth-order valence-corrected chi connectivity index (χ4v) is 4.55. The number of alkyl halides is 2. The fraction of sp³-hybridized carbons (Fsp3) is 0.346. The molecule has 0 aliphatic carbocycles. The second kappa shape index (κ2) is 14.6. The number of pyridine rings is 1. The molecule has 0 amide bonds. The van der Waals surface area contributed by atoms with E-state index in [2.05, 4.69) is 59.5 Å². The molecule has 0 bridgehead atoms. The molecule has 0 N–H and O–H groups in total. The second-order valence-corrected chi connectivity index (χ2v) is 9.86. The zero-order valence-electron chi connectivity index (χ0n) is 21.6. The van der Waals surface area contributed by atoms with Crippen molar-refractivity contribution in [3.63, 3.8) is 0 Å². The first-order chi connectivity index (χ1) is 17.1. The molecule has 0 saturated carbocycles. The quantitative estimate of drug-likeness (QED) is 0.211. The Balaban J connectivity index is 0.000000666. The van der Waals surface area contributed by atoms with E-state index in [1.165, 1.54) is 16.8 Å². The summed E-state index contributed by atoms with van der Waals surface area (Å²) in [7, 11) is -5.17. The molecule has 1 aromatic heterocycles. The Morgan fingerprint density at radius 1 is 0.868 bits per heavy atom. The summed E-state index contributed by atoms with van der Waals surface area (Å²) in [5.41, 5.74) is 6.88. The molecule has 0 unspecified atom stereocenters. The Labute approximate surface area is 266 Å². The van der Waals surface area contributed by atoms with Crippen LogP contribution in [-0.2, 0) is 29.9 Å². The molecule has 3 aromatic rings. The van der Waals surface area contributed by atoms with E-state index in [9.17, 15) is 8.78 Å². The molecule has 2 aliphatic heterocycles. The summed E-state index contributed by atoms with van der Waals surface area (Å²) in [6.07, 6.45) is 0.820. The topological polar surface area (TPSA) is 99.6 Å². The van der Waals surface area contributed by atoms with Gasteiger partial charge in [0, 0.05) is 79.3 Å². The second-order valence-electron chi connectivity index (χ2n) is 9.05. The molecule has 0 spiro atoms. The Kier molecular flexibility index (Phi) is 12.8. The number of hydrogen-bond acceptors (Lipinski definition) is 7. The zero-order chi connectivity index (χ0) is 25.8. The number of fused-ring (bicyclic) bond motifs is 1. The van der Waals surface area contributed by atoms with Gasteiger partial charge in [0.2, 0.25) is 0 Å². The summed E-state index contributed by atoms with van der Waals surface area (Å²) < 4.78 is 60.9. The number of anilines is 1. The van der Waals surface area contributed by atoms with E-state index in [0.717, 1.165) is 43.0 Å². The van der Waals surface area contributed by atoms with E-state index < -0.39 is 16.3 Å². The molecular formula is C26H27F2N3Na2O4S. The molecule has 192 valence electrons. The monoisotopic (exact) mass is 561 g/mol. The van der Waals surface area contributed by atoms with Gasteiger partial charge in [-0.3, -0.25) is 18.3 Å². The molecule has 1 saturated heterocycles. The minimum atomic E-state index is -5.17. The van der Waals surface area contributed by atoms with Gasteiger partial charge in [0.25, 0.3) is 5.92 Å². The Hall–Kier alpha value is -0.920.